The minimum absolute atomic E-state index is 0.412. The van der Waals surface area contributed by atoms with Crippen LogP contribution in [-0.2, 0) is 0 Å². The normalized spacial score (nSPS) is 10.9. The zero-order chi connectivity index (χ0) is 16.5. The van der Waals surface area contributed by atoms with Crippen LogP contribution in [0, 0.1) is 6.92 Å². The van der Waals surface area contributed by atoms with Crippen molar-refractivity contribution >= 4 is 22.9 Å². The Bertz CT molecular complexity index is 991. The van der Waals surface area contributed by atoms with E-state index in [2.05, 4.69) is 15.1 Å². The largest absolute Gasteiger partial charge is 0.334 e. The van der Waals surface area contributed by atoms with Crippen molar-refractivity contribution in [3.63, 3.8) is 0 Å². The molecular formula is C18H12ClN3OS. The zero-order valence-electron chi connectivity index (χ0n) is 12.7. The lowest BCUT2D eigenvalue weighted by Gasteiger charge is -1.98. The van der Waals surface area contributed by atoms with Crippen molar-refractivity contribution in [3.05, 3.63) is 63.9 Å². The molecule has 2 aromatic heterocycles. The molecule has 4 rings (SSSR count). The summed E-state index contributed by atoms with van der Waals surface area (Å²) >= 11 is 7.81. The number of aryl methyl sites for hydroxylation is 1. The van der Waals surface area contributed by atoms with Crippen LogP contribution in [0.2, 0.25) is 5.02 Å². The number of aromatic nitrogens is 3. The van der Waals surface area contributed by atoms with E-state index >= 15 is 0 Å². The molecule has 0 aliphatic rings. The lowest BCUT2D eigenvalue weighted by molar-refractivity contribution is 0.432. The second kappa shape index (κ2) is 6.19. The molecule has 0 atom stereocenters. The Hall–Kier alpha value is -2.50. The summed E-state index contributed by atoms with van der Waals surface area (Å²) in [5.41, 5.74) is 3.66. The highest BCUT2D eigenvalue weighted by atomic mass is 35.5. The van der Waals surface area contributed by atoms with E-state index in [-0.39, 0.29) is 0 Å². The highest BCUT2D eigenvalue weighted by Gasteiger charge is 2.13. The summed E-state index contributed by atoms with van der Waals surface area (Å²) in [5.74, 6) is 0.945. The molecule has 24 heavy (non-hydrogen) atoms. The molecule has 0 unspecified atom stereocenters. The minimum Gasteiger partial charge on any atom is -0.334 e. The predicted molar refractivity (Wildman–Crippen MR) is 96.0 cm³/mol. The van der Waals surface area contributed by atoms with Crippen LogP contribution >= 0.6 is 22.9 Å². The minimum atomic E-state index is 0.412. The van der Waals surface area contributed by atoms with Crippen LogP contribution in [0.1, 0.15) is 5.01 Å². The Balaban J connectivity index is 1.64. The predicted octanol–water partition coefficient (Wildman–Crippen LogP) is 5.49. The summed E-state index contributed by atoms with van der Waals surface area (Å²) in [7, 11) is 0. The molecule has 6 heteroatoms. The number of benzene rings is 2. The third kappa shape index (κ3) is 2.84. The molecule has 4 nitrogen and oxygen atoms in total. The molecule has 0 amide bonds. The van der Waals surface area contributed by atoms with E-state index in [0.29, 0.717) is 16.7 Å². The molecule has 0 bridgehead atoms. The van der Waals surface area contributed by atoms with Gasteiger partial charge in [0.05, 0.1) is 21.3 Å². The Morgan fingerprint density at radius 2 is 1.71 bits per heavy atom. The molecule has 2 heterocycles. The van der Waals surface area contributed by atoms with Gasteiger partial charge in [0.1, 0.15) is 0 Å². The summed E-state index contributed by atoms with van der Waals surface area (Å²) in [6.07, 6.45) is 0. The number of nitrogens with zero attached hydrogens (tertiary/aromatic N) is 3. The molecule has 0 spiro atoms. The van der Waals surface area contributed by atoms with E-state index in [4.69, 9.17) is 16.1 Å². The number of halogens is 1. The van der Waals surface area contributed by atoms with Crippen LogP contribution in [0.25, 0.3) is 34.1 Å². The van der Waals surface area contributed by atoms with Gasteiger partial charge in [-0.2, -0.15) is 4.98 Å². The quantitative estimate of drug-likeness (QED) is 0.488. The second-order valence-corrected chi connectivity index (χ2v) is 6.70. The molecule has 0 aliphatic heterocycles. The third-order valence-corrected chi connectivity index (χ3v) is 4.69. The maximum Gasteiger partial charge on any atom is 0.259 e. The molecule has 4 aromatic rings. The lowest BCUT2D eigenvalue weighted by atomic mass is 10.1. The van der Waals surface area contributed by atoms with Crippen molar-refractivity contribution in [1.82, 2.24) is 15.1 Å². The molecule has 118 valence electrons. The van der Waals surface area contributed by atoms with Gasteiger partial charge in [0.25, 0.3) is 5.89 Å². The zero-order valence-corrected chi connectivity index (χ0v) is 14.3. The van der Waals surface area contributed by atoms with E-state index in [1.807, 2.05) is 54.8 Å². The smallest absolute Gasteiger partial charge is 0.259 e. The molecule has 0 aliphatic carbocycles. The van der Waals surface area contributed by atoms with Crippen molar-refractivity contribution in [2.75, 3.05) is 0 Å². The Morgan fingerprint density at radius 1 is 0.958 bits per heavy atom. The van der Waals surface area contributed by atoms with Crippen molar-refractivity contribution < 1.29 is 4.52 Å². The molecule has 0 radical (unpaired) electrons. The van der Waals surface area contributed by atoms with Crippen LogP contribution < -0.4 is 0 Å². The second-order valence-electron chi connectivity index (χ2n) is 5.23. The van der Waals surface area contributed by atoms with Crippen LogP contribution in [0.3, 0.4) is 0 Å². The van der Waals surface area contributed by atoms with Gasteiger partial charge in [-0.1, -0.05) is 53.2 Å². The molecule has 2 aromatic carbocycles. The summed E-state index contributed by atoms with van der Waals surface area (Å²) in [6.45, 7) is 2.00. The molecule has 0 fully saturated rings. The summed E-state index contributed by atoms with van der Waals surface area (Å²) < 4.78 is 5.35. The van der Waals surface area contributed by atoms with E-state index in [9.17, 15) is 0 Å². The SMILES string of the molecule is Cc1nc(-c2ccc(-c3noc(-c4ccccc4Cl)n3)cc2)cs1. The van der Waals surface area contributed by atoms with E-state index in [1.54, 1.807) is 17.4 Å². The van der Waals surface area contributed by atoms with Crippen molar-refractivity contribution in [1.29, 1.82) is 0 Å². The molecule has 0 saturated carbocycles. The number of hydrogen-bond acceptors (Lipinski definition) is 5. The van der Waals surface area contributed by atoms with E-state index < -0.39 is 0 Å². The standard InChI is InChI=1S/C18H12ClN3OS/c1-11-20-16(10-24-11)12-6-8-13(9-7-12)17-21-18(23-22-17)14-4-2-3-5-15(14)19/h2-10H,1H3. The maximum absolute atomic E-state index is 6.17. The molecule has 0 saturated heterocycles. The summed E-state index contributed by atoms with van der Waals surface area (Å²) in [6, 6.07) is 15.3. The van der Waals surface area contributed by atoms with Gasteiger partial charge < -0.3 is 4.52 Å². The van der Waals surface area contributed by atoms with Crippen LogP contribution in [0.5, 0.6) is 0 Å². The Morgan fingerprint density at radius 3 is 2.42 bits per heavy atom. The van der Waals surface area contributed by atoms with Gasteiger partial charge in [-0.05, 0) is 19.1 Å². The maximum atomic E-state index is 6.17. The lowest BCUT2D eigenvalue weighted by Crippen LogP contribution is -1.83. The number of hydrogen-bond donors (Lipinski definition) is 0. The first-order valence-electron chi connectivity index (χ1n) is 7.32. The fourth-order valence-corrected chi connectivity index (χ4v) is 3.21. The van der Waals surface area contributed by atoms with E-state index in [1.165, 1.54) is 0 Å². The fraction of sp³-hybridized carbons (Fsp3) is 0.0556. The summed E-state index contributed by atoms with van der Waals surface area (Å²) in [4.78, 5) is 8.93. The van der Waals surface area contributed by atoms with Gasteiger partial charge >= 0.3 is 0 Å². The fourth-order valence-electron chi connectivity index (χ4n) is 2.37. The van der Waals surface area contributed by atoms with Crippen LogP contribution in [0.15, 0.2) is 58.4 Å². The highest BCUT2D eigenvalue weighted by molar-refractivity contribution is 7.09. The average Bonchev–Trinajstić information content (AvgIpc) is 3.25. The van der Waals surface area contributed by atoms with Crippen molar-refractivity contribution in [2.45, 2.75) is 6.92 Å². The third-order valence-electron chi connectivity index (χ3n) is 3.59. The first-order valence-corrected chi connectivity index (χ1v) is 8.58. The van der Waals surface area contributed by atoms with Gasteiger partial charge in [0.15, 0.2) is 0 Å². The van der Waals surface area contributed by atoms with E-state index in [0.717, 1.165) is 27.4 Å². The summed E-state index contributed by atoms with van der Waals surface area (Å²) in [5, 5.41) is 7.74. The first-order chi connectivity index (χ1) is 11.7. The van der Waals surface area contributed by atoms with Crippen LogP contribution in [0.4, 0.5) is 0 Å². The number of thiazole rings is 1. The van der Waals surface area contributed by atoms with Gasteiger partial charge in [-0.3, -0.25) is 0 Å². The van der Waals surface area contributed by atoms with Gasteiger partial charge in [-0.25, -0.2) is 4.98 Å². The molecular weight excluding hydrogens is 342 g/mol. The van der Waals surface area contributed by atoms with Crippen LogP contribution in [-0.4, -0.2) is 15.1 Å². The monoisotopic (exact) mass is 353 g/mol. The number of rotatable bonds is 3. The molecule has 0 N–H and O–H groups in total. The Labute approximate surface area is 147 Å². The average molecular weight is 354 g/mol. The first kappa shape index (κ1) is 15.1. The van der Waals surface area contributed by atoms with Crippen molar-refractivity contribution in [3.8, 4) is 34.1 Å². The van der Waals surface area contributed by atoms with Gasteiger partial charge in [0.2, 0.25) is 5.82 Å². The van der Waals surface area contributed by atoms with Gasteiger partial charge in [0, 0.05) is 16.5 Å². The van der Waals surface area contributed by atoms with Gasteiger partial charge in [-0.15, -0.1) is 11.3 Å². The topological polar surface area (TPSA) is 51.8 Å². The Kier molecular flexibility index (Phi) is 3.88. The van der Waals surface area contributed by atoms with Crippen molar-refractivity contribution in [2.24, 2.45) is 0 Å². The highest BCUT2D eigenvalue weighted by Crippen LogP contribution is 2.29.